The topological polar surface area (TPSA) is 104 Å². The van der Waals surface area contributed by atoms with Crippen LogP contribution in [0.1, 0.15) is 88.3 Å². The molecule has 0 fully saturated rings. The first-order chi connectivity index (χ1) is 14.4. The number of nitrogens with one attached hydrogen (secondary N) is 1. The van der Waals surface area contributed by atoms with Crippen molar-refractivity contribution >= 4 is 45.9 Å². The van der Waals surface area contributed by atoms with Gasteiger partial charge < -0.3 is 15.5 Å². The Morgan fingerprint density at radius 3 is 1.90 bits per heavy atom. The number of aryl methyl sites for hydroxylation is 1. The zero-order chi connectivity index (χ0) is 22.2. The number of hydrogen-bond donors (Lipinski definition) is 3. The molecule has 1 rings (SSSR count). The van der Waals surface area contributed by atoms with Gasteiger partial charge in [-0.2, -0.15) is 0 Å². The normalized spacial score (nSPS) is 10.8. The van der Waals surface area contributed by atoms with Gasteiger partial charge in [-0.25, -0.2) is 0 Å². The van der Waals surface area contributed by atoms with Crippen LogP contribution in [0.3, 0.4) is 0 Å². The largest absolute Gasteiger partial charge is 0.481 e. The molecule has 0 aliphatic heterocycles. The number of rotatable bonds is 18. The molecule has 1 aromatic heterocycles. The first-order valence-corrected chi connectivity index (χ1v) is 12.7. The average Bonchev–Trinajstić information content (AvgIpc) is 3.01. The number of hydrogen-bond acceptors (Lipinski definition) is 5. The van der Waals surface area contributed by atoms with Gasteiger partial charge in [0.15, 0.2) is 0 Å². The lowest BCUT2D eigenvalue weighted by Crippen LogP contribution is -2.10. The monoisotopic (exact) mass is 457 g/mol. The van der Waals surface area contributed by atoms with E-state index in [0.717, 1.165) is 65.5 Å². The standard InChI is InChI=1S/C22H35NO5S2/c1-17-16-18(29-15-11-14-21(27)28)22(30-17)23-19(24)12-9-7-5-3-2-4-6-8-10-13-20(25)26/h16H,2-15H2,1H3,(H,23,24)(H,25,26)(H,27,28). The van der Waals surface area contributed by atoms with Gasteiger partial charge in [0, 0.05) is 29.0 Å². The summed E-state index contributed by atoms with van der Waals surface area (Å²) in [6.07, 6.45) is 11.0. The van der Waals surface area contributed by atoms with Gasteiger partial charge in [0.2, 0.25) is 5.91 Å². The fourth-order valence-electron chi connectivity index (χ4n) is 3.08. The van der Waals surface area contributed by atoms with Crippen molar-refractivity contribution in [2.24, 2.45) is 0 Å². The third-order valence-electron chi connectivity index (χ3n) is 4.66. The highest BCUT2D eigenvalue weighted by Gasteiger charge is 2.11. The van der Waals surface area contributed by atoms with E-state index in [-0.39, 0.29) is 18.7 Å². The number of thioether (sulfide) groups is 1. The molecule has 0 saturated carbocycles. The van der Waals surface area contributed by atoms with E-state index in [2.05, 4.69) is 5.32 Å². The van der Waals surface area contributed by atoms with Gasteiger partial charge in [-0.05, 0) is 38.0 Å². The van der Waals surface area contributed by atoms with Gasteiger partial charge in [0.05, 0.1) is 0 Å². The lowest BCUT2D eigenvalue weighted by Gasteiger charge is -2.06. The predicted molar refractivity (Wildman–Crippen MR) is 124 cm³/mol. The molecule has 30 heavy (non-hydrogen) atoms. The minimum absolute atomic E-state index is 0.0441. The number of aliphatic carboxylic acids is 2. The second-order valence-electron chi connectivity index (χ2n) is 7.52. The molecule has 0 unspecified atom stereocenters. The Labute approximate surface area is 187 Å². The number of carboxylic acid groups (broad SMARTS) is 2. The minimum Gasteiger partial charge on any atom is -0.481 e. The van der Waals surface area contributed by atoms with Crippen LogP contribution in [-0.2, 0) is 14.4 Å². The summed E-state index contributed by atoms with van der Waals surface area (Å²) in [5, 5.41) is 21.2. The number of carboxylic acids is 2. The van der Waals surface area contributed by atoms with Crippen molar-refractivity contribution in [1.29, 1.82) is 0 Å². The first kappa shape index (κ1) is 26.5. The summed E-state index contributed by atoms with van der Waals surface area (Å²) in [6, 6.07) is 2.05. The summed E-state index contributed by atoms with van der Waals surface area (Å²) in [5.41, 5.74) is 0. The molecule has 0 radical (unpaired) electrons. The zero-order valence-corrected chi connectivity index (χ0v) is 19.5. The minimum atomic E-state index is -0.777. The summed E-state index contributed by atoms with van der Waals surface area (Å²) in [6.45, 7) is 2.01. The number of carbonyl (C=O) groups excluding carboxylic acids is 1. The first-order valence-electron chi connectivity index (χ1n) is 10.8. The molecule has 0 aromatic carbocycles. The highest BCUT2D eigenvalue weighted by atomic mass is 32.2. The Morgan fingerprint density at radius 2 is 1.33 bits per heavy atom. The van der Waals surface area contributed by atoms with E-state index < -0.39 is 11.9 Å². The van der Waals surface area contributed by atoms with E-state index in [1.807, 2.05) is 13.0 Å². The summed E-state index contributed by atoms with van der Waals surface area (Å²) in [4.78, 5) is 35.4. The average molecular weight is 458 g/mol. The van der Waals surface area contributed by atoms with Gasteiger partial charge in [0.1, 0.15) is 5.00 Å². The second kappa shape index (κ2) is 16.2. The smallest absolute Gasteiger partial charge is 0.303 e. The number of anilines is 1. The lowest BCUT2D eigenvalue weighted by molar-refractivity contribution is -0.138. The zero-order valence-electron chi connectivity index (χ0n) is 17.9. The van der Waals surface area contributed by atoms with Crippen molar-refractivity contribution in [1.82, 2.24) is 0 Å². The van der Waals surface area contributed by atoms with Crippen LogP contribution >= 0.6 is 23.1 Å². The van der Waals surface area contributed by atoms with Crippen molar-refractivity contribution in [2.45, 2.75) is 95.3 Å². The Morgan fingerprint density at radius 1 is 0.833 bits per heavy atom. The van der Waals surface area contributed by atoms with E-state index in [0.29, 0.717) is 12.8 Å². The summed E-state index contributed by atoms with van der Waals surface area (Å²) in [7, 11) is 0. The molecule has 0 spiro atoms. The number of amides is 1. The summed E-state index contributed by atoms with van der Waals surface area (Å²) in [5.74, 6) is -0.715. The molecule has 1 heterocycles. The molecule has 0 saturated heterocycles. The second-order valence-corrected chi connectivity index (χ2v) is 9.91. The van der Waals surface area contributed by atoms with Crippen LogP contribution < -0.4 is 5.32 Å². The van der Waals surface area contributed by atoms with E-state index >= 15 is 0 Å². The molecule has 8 heteroatoms. The maximum absolute atomic E-state index is 12.2. The molecular formula is C22H35NO5S2. The van der Waals surface area contributed by atoms with Crippen molar-refractivity contribution < 1.29 is 24.6 Å². The van der Waals surface area contributed by atoms with Gasteiger partial charge >= 0.3 is 11.9 Å². The summed E-state index contributed by atoms with van der Waals surface area (Å²) < 4.78 is 0. The van der Waals surface area contributed by atoms with Crippen LogP contribution in [0.25, 0.3) is 0 Å². The van der Waals surface area contributed by atoms with Crippen molar-refractivity contribution in [3.05, 3.63) is 10.9 Å². The molecule has 170 valence electrons. The third-order valence-corrected chi connectivity index (χ3v) is 6.88. The molecule has 1 amide bonds. The van der Waals surface area contributed by atoms with Gasteiger partial charge in [-0.15, -0.1) is 23.1 Å². The predicted octanol–water partition coefficient (Wildman–Crippen LogP) is 6.33. The van der Waals surface area contributed by atoms with E-state index in [9.17, 15) is 14.4 Å². The van der Waals surface area contributed by atoms with Crippen molar-refractivity contribution in [3.63, 3.8) is 0 Å². The van der Waals surface area contributed by atoms with Crippen LogP contribution in [0.15, 0.2) is 11.0 Å². The van der Waals surface area contributed by atoms with Crippen molar-refractivity contribution in [3.8, 4) is 0 Å². The molecule has 6 nitrogen and oxygen atoms in total. The van der Waals surface area contributed by atoms with Gasteiger partial charge in [-0.3, -0.25) is 14.4 Å². The number of unbranched alkanes of at least 4 members (excludes halogenated alkanes) is 8. The fraction of sp³-hybridized carbons (Fsp3) is 0.682. The number of carbonyl (C=O) groups is 3. The molecule has 0 aliphatic carbocycles. The van der Waals surface area contributed by atoms with Crippen LogP contribution in [0.2, 0.25) is 0 Å². The highest BCUT2D eigenvalue weighted by Crippen LogP contribution is 2.36. The molecule has 0 bridgehead atoms. The summed E-state index contributed by atoms with van der Waals surface area (Å²) >= 11 is 3.17. The van der Waals surface area contributed by atoms with Crippen LogP contribution in [0.5, 0.6) is 0 Å². The maximum Gasteiger partial charge on any atom is 0.303 e. The molecule has 0 aliphatic rings. The van der Waals surface area contributed by atoms with Gasteiger partial charge in [-0.1, -0.05) is 44.9 Å². The van der Waals surface area contributed by atoms with E-state index in [1.54, 1.807) is 23.1 Å². The van der Waals surface area contributed by atoms with E-state index in [4.69, 9.17) is 10.2 Å². The highest BCUT2D eigenvalue weighted by molar-refractivity contribution is 7.99. The SMILES string of the molecule is Cc1cc(SCCCC(=O)O)c(NC(=O)CCCCCCCCCCCC(=O)O)s1. The molecule has 1 aromatic rings. The molecule has 0 atom stereocenters. The Balaban J connectivity index is 2.10. The lowest BCUT2D eigenvalue weighted by atomic mass is 10.1. The van der Waals surface area contributed by atoms with Crippen LogP contribution in [0.4, 0.5) is 5.00 Å². The fourth-order valence-corrected chi connectivity index (χ4v) is 5.23. The third kappa shape index (κ3) is 13.6. The molecule has 3 N–H and O–H groups in total. The van der Waals surface area contributed by atoms with E-state index in [1.165, 1.54) is 12.8 Å². The Hall–Kier alpha value is -1.54. The Kier molecular flexibility index (Phi) is 14.3. The quantitative estimate of drug-likeness (QED) is 0.176. The maximum atomic E-state index is 12.2. The van der Waals surface area contributed by atoms with Crippen LogP contribution in [0, 0.1) is 6.92 Å². The van der Waals surface area contributed by atoms with Crippen LogP contribution in [-0.4, -0.2) is 33.8 Å². The number of thiophene rings is 1. The Bertz CT molecular complexity index is 660. The molecular weight excluding hydrogens is 422 g/mol. The van der Waals surface area contributed by atoms with Crippen molar-refractivity contribution in [2.75, 3.05) is 11.1 Å². The van der Waals surface area contributed by atoms with Gasteiger partial charge in [0.25, 0.3) is 0 Å².